The van der Waals surface area contributed by atoms with Gasteiger partial charge in [-0.3, -0.25) is 18.7 Å². The van der Waals surface area contributed by atoms with Crippen molar-refractivity contribution in [3.8, 4) is 0 Å². The molecule has 0 aliphatic heterocycles. The molecule has 1 aliphatic rings. The highest BCUT2D eigenvalue weighted by atomic mass is 16.2. The number of amides is 1. The zero-order valence-corrected chi connectivity index (χ0v) is 14.7. The molecule has 134 valence electrons. The largest absolute Gasteiger partial charge is 0.332 e. The second-order valence-electron chi connectivity index (χ2n) is 7.09. The summed E-state index contributed by atoms with van der Waals surface area (Å²) < 4.78 is 2.33. The van der Waals surface area contributed by atoms with Crippen LogP contribution in [0.1, 0.15) is 32.6 Å². The fourth-order valence-electron chi connectivity index (χ4n) is 3.55. The summed E-state index contributed by atoms with van der Waals surface area (Å²) in [7, 11) is 2.97. The van der Waals surface area contributed by atoms with Crippen LogP contribution < -0.4 is 22.3 Å². The second kappa shape index (κ2) is 6.11. The van der Waals surface area contributed by atoms with Crippen molar-refractivity contribution in [3.05, 3.63) is 33.1 Å². The maximum absolute atomic E-state index is 12.6. The number of nitrogens with one attached hydrogen (secondary N) is 1. The number of anilines is 1. The topological polar surface area (TPSA) is 112 Å². The van der Waals surface area contributed by atoms with Gasteiger partial charge < -0.3 is 11.1 Å². The summed E-state index contributed by atoms with van der Waals surface area (Å²) in [5.74, 6) is -0.438. The van der Waals surface area contributed by atoms with Crippen LogP contribution in [0.2, 0.25) is 0 Å². The molecule has 1 aliphatic carbocycles. The zero-order valence-electron chi connectivity index (χ0n) is 14.7. The summed E-state index contributed by atoms with van der Waals surface area (Å²) in [4.78, 5) is 41.1. The molecule has 3 rings (SSSR count). The van der Waals surface area contributed by atoms with Gasteiger partial charge in [-0.25, -0.2) is 9.78 Å². The maximum Gasteiger partial charge on any atom is 0.332 e. The van der Waals surface area contributed by atoms with Crippen molar-refractivity contribution >= 4 is 22.6 Å². The number of carbonyl (C=O) groups is 1. The number of pyridine rings is 1. The Labute approximate surface area is 144 Å². The summed E-state index contributed by atoms with van der Waals surface area (Å²) >= 11 is 0. The minimum absolute atomic E-state index is 0.160. The van der Waals surface area contributed by atoms with Gasteiger partial charge in [0.05, 0.1) is 23.2 Å². The van der Waals surface area contributed by atoms with Gasteiger partial charge >= 0.3 is 5.69 Å². The Morgan fingerprint density at radius 1 is 1.32 bits per heavy atom. The highest BCUT2D eigenvalue weighted by Gasteiger charge is 2.37. The summed E-state index contributed by atoms with van der Waals surface area (Å²) in [5, 5.41) is 3.10. The van der Waals surface area contributed by atoms with E-state index in [0.717, 1.165) is 30.3 Å². The van der Waals surface area contributed by atoms with Gasteiger partial charge in [0.1, 0.15) is 5.65 Å². The van der Waals surface area contributed by atoms with E-state index < -0.39 is 16.8 Å². The Kier molecular flexibility index (Phi) is 4.24. The van der Waals surface area contributed by atoms with Crippen LogP contribution in [0.4, 0.5) is 5.69 Å². The number of hydrogen-bond donors (Lipinski definition) is 2. The molecule has 25 heavy (non-hydrogen) atoms. The number of rotatable bonds is 2. The number of aromatic nitrogens is 3. The molecule has 2 aromatic heterocycles. The Hall–Kier alpha value is -2.48. The van der Waals surface area contributed by atoms with Crippen molar-refractivity contribution in [2.75, 3.05) is 5.32 Å². The molecule has 8 heteroatoms. The number of aryl methyl sites for hydroxylation is 1. The number of fused-ring (bicyclic) bond motifs is 1. The molecule has 0 spiro atoms. The maximum atomic E-state index is 12.6. The monoisotopic (exact) mass is 345 g/mol. The molecule has 0 radical (unpaired) electrons. The SMILES string of the molecule is Cn1c(=O)c2cc(NC(=O)C3CCCCC3(C)N)cnc2n(C)c1=O. The summed E-state index contributed by atoms with van der Waals surface area (Å²) in [6.45, 7) is 1.90. The van der Waals surface area contributed by atoms with Crippen molar-refractivity contribution in [3.63, 3.8) is 0 Å². The number of carbonyl (C=O) groups excluding carboxylic acids is 1. The van der Waals surface area contributed by atoms with Crippen LogP contribution in [0.15, 0.2) is 21.9 Å². The quantitative estimate of drug-likeness (QED) is 0.822. The summed E-state index contributed by atoms with van der Waals surface area (Å²) in [6.07, 6.45) is 5.01. The van der Waals surface area contributed by atoms with Crippen molar-refractivity contribution in [2.24, 2.45) is 25.7 Å². The predicted octanol–water partition coefficient (Wildman–Crippen LogP) is 0.478. The van der Waals surface area contributed by atoms with Crippen LogP contribution in [0, 0.1) is 5.92 Å². The lowest BCUT2D eigenvalue weighted by molar-refractivity contribution is -0.122. The Morgan fingerprint density at radius 2 is 2.04 bits per heavy atom. The second-order valence-corrected chi connectivity index (χ2v) is 7.09. The molecule has 1 fully saturated rings. The lowest BCUT2D eigenvalue weighted by Gasteiger charge is -2.37. The molecule has 1 saturated carbocycles. The Morgan fingerprint density at radius 3 is 2.72 bits per heavy atom. The molecule has 1 amide bonds. The molecule has 2 aromatic rings. The highest BCUT2D eigenvalue weighted by Crippen LogP contribution is 2.32. The molecule has 0 aromatic carbocycles. The average molecular weight is 345 g/mol. The van der Waals surface area contributed by atoms with Gasteiger partial charge in [0, 0.05) is 19.6 Å². The average Bonchev–Trinajstić information content (AvgIpc) is 2.57. The van der Waals surface area contributed by atoms with E-state index >= 15 is 0 Å². The predicted molar refractivity (Wildman–Crippen MR) is 95.4 cm³/mol. The minimum Gasteiger partial charge on any atom is -0.325 e. The first kappa shape index (κ1) is 17.3. The molecular weight excluding hydrogens is 322 g/mol. The van der Waals surface area contributed by atoms with Crippen molar-refractivity contribution < 1.29 is 4.79 Å². The molecule has 2 atom stereocenters. The molecule has 3 N–H and O–H groups in total. The molecule has 8 nitrogen and oxygen atoms in total. The van der Waals surface area contributed by atoms with Crippen LogP contribution in [-0.2, 0) is 18.9 Å². The first-order valence-electron chi connectivity index (χ1n) is 8.38. The van der Waals surface area contributed by atoms with E-state index in [1.54, 1.807) is 13.1 Å². The lowest BCUT2D eigenvalue weighted by atomic mass is 9.74. The van der Waals surface area contributed by atoms with E-state index in [9.17, 15) is 14.4 Å². The van der Waals surface area contributed by atoms with Crippen LogP contribution in [0.5, 0.6) is 0 Å². The zero-order chi connectivity index (χ0) is 18.4. The lowest BCUT2D eigenvalue weighted by Crippen LogP contribution is -2.51. The van der Waals surface area contributed by atoms with Crippen LogP contribution in [-0.4, -0.2) is 25.6 Å². The third-order valence-electron chi connectivity index (χ3n) is 5.13. The van der Waals surface area contributed by atoms with Gasteiger partial charge in [-0.2, -0.15) is 0 Å². The van der Waals surface area contributed by atoms with E-state index in [1.165, 1.54) is 17.8 Å². The van der Waals surface area contributed by atoms with Crippen LogP contribution >= 0.6 is 0 Å². The number of nitrogens with two attached hydrogens (primary N) is 1. The van der Waals surface area contributed by atoms with E-state index in [2.05, 4.69) is 10.3 Å². The van der Waals surface area contributed by atoms with Crippen LogP contribution in [0.25, 0.3) is 11.0 Å². The van der Waals surface area contributed by atoms with Gasteiger partial charge in [-0.1, -0.05) is 12.8 Å². The third kappa shape index (κ3) is 2.97. The van der Waals surface area contributed by atoms with Gasteiger partial charge in [-0.15, -0.1) is 0 Å². The molecule has 0 saturated heterocycles. The van der Waals surface area contributed by atoms with Gasteiger partial charge in [0.2, 0.25) is 5.91 Å². The van der Waals surface area contributed by atoms with Gasteiger partial charge in [0.25, 0.3) is 5.56 Å². The Balaban J connectivity index is 1.96. The fourth-order valence-corrected chi connectivity index (χ4v) is 3.55. The first-order valence-corrected chi connectivity index (χ1v) is 8.38. The highest BCUT2D eigenvalue weighted by molar-refractivity contribution is 5.94. The third-order valence-corrected chi connectivity index (χ3v) is 5.13. The normalized spacial score (nSPS) is 23.6. The molecule has 2 heterocycles. The van der Waals surface area contributed by atoms with Crippen molar-refractivity contribution in [1.29, 1.82) is 0 Å². The first-order chi connectivity index (χ1) is 11.7. The smallest absolute Gasteiger partial charge is 0.325 e. The van der Waals surface area contributed by atoms with E-state index in [-0.39, 0.29) is 22.9 Å². The van der Waals surface area contributed by atoms with Gasteiger partial charge in [0.15, 0.2) is 0 Å². The summed E-state index contributed by atoms with van der Waals surface area (Å²) in [6, 6.07) is 1.55. The van der Waals surface area contributed by atoms with E-state index in [4.69, 9.17) is 5.73 Å². The van der Waals surface area contributed by atoms with Crippen molar-refractivity contribution in [2.45, 2.75) is 38.1 Å². The fraction of sp³-hybridized carbons (Fsp3) is 0.529. The molecule has 0 bridgehead atoms. The summed E-state index contributed by atoms with van der Waals surface area (Å²) in [5.41, 5.74) is 5.57. The van der Waals surface area contributed by atoms with E-state index in [1.807, 2.05) is 6.92 Å². The van der Waals surface area contributed by atoms with Crippen molar-refractivity contribution in [1.82, 2.24) is 14.1 Å². The Bertz CT molecular complexity index is 957. The molecular formula is C17H23N5O3. The van der Waals surface area contributed by atoms with Gasteiger partial charge in [-0.05, 0) is 25.8 Å². The molecule has 2 unspecified atom stereocenters. The minimum atomic E-state index is -0.535. The standard InChI is InChI=1S/C17H23N5O3/c1-17(18)7-5-4-6-12(17)14(23)20-10-8-11-13(19-9-10)21(2)16(25)22(3)15(11)24/h8-9,12H,4-7,18H2,1-3H3,(H,20,23). The number of hydrogen-bond acceptors (Lipinski definition) is 5. The van der Waals surface area contributed by atoms with E-state index in [0.29, 0.717) is 5.69 Å². The number of nitrogens with zero attached hydrogens (tertiary/aromatic N) is 3. The van der Waals surface area contributed by atoms with Crippen LogP contribution in [0.3, 0.4) is 0 Å².